The van der Waals surface area contributed by atoms with E-state index in [1.165, 1.54) is 50.6 Å². The van der Waals surface area contributed by atoms with Crippen LogP contribution in [0.1, 0.15) is 92.9 Å². The molecule has 2 aromatic carbocycles. The van der Waals surface area contributed by atoms with E-state index in [1.807, 2.05) is 62.3 Å². The molecule has 0 saturated heterocycles. The summed E-state index contributed by atoms with van der Waals surface area (Å²) in [5.74, 6) is -17.8. The van der Waals surface area contributed by atoms with E-state index in [0.29, 0.717) is 4.88 Å². The highest BCUT2D eigenvalue weighted by Gasteiger charge is 2.81. The molecule has 350 valence electrons. The number of benzene rings is 2. The van der Waals surface area contributed by atoms with Crippen molar-refractivity contribution >= 4 is 58.9 Å². The Balaban J connectivity index is 1.65. The number of rotatable bonds is 13. The van der Waals surface area contributed by atoms with Gasteiger partial charge in [0.05, 0.1) is 23.0 Å². The average molecular weight is 963 g/mol. The molecule has 0 bridgehead atoms. The lowest BCUT2D eigenvalue weighted by Crippen LogP contribution is -2.49. The van der Waals surface area contributed by atoms with Crippen molar-refractivity contribution in [2.24, 2.45) is 0 Å². The van der Waals surface area contributed by atoms with E-state index in [1.54, 1.807) is 24.3 Å². The van der Waals surface area contributed by atoms with Gasteiger partial charge in [-0.2, -0.15) is 26.3 Å². The molecule has 7 nitrogen and oxygen atoms in total. The number of thiophene rings is 2. The Morgan fingerprint density at radius 2 is 1.14 bits per heavy atom. The van der Waals surface area contributed by atoms with Crippen molar-refractivity contribution in [3.8, 4) is 22.8 Å². The fourth-order valence-electron chi connectivity index (χ4n) is 7.70. The molecule has 0 amide bonds. The van der Waals surface area contributed by atoms with Crippen LogP contribution in [0, 0.1) is 0 Å². The van der Waals surface area contributed by atoms with Crippen LogP contribution in [0.25, 0.3) is 37.7 Å². The van der Waals surface area contributed by atoms with Gasteiger partial charge in [-0.25, -0.2) is 8.42 Å². The Hall–Kier alpha value is -4.35. The summed E-state index contributed by atoms with van der Waals surface area (Å²) in [5.41, 5.74) is -6.03. The number of ether oxygens (including phenoxy) is 4. The standard InChI is InChI=1S/C49H52F6O7S3/c1-44(2,3)28-14-12-27(13-15-28)42-39(29-24-32(60-22-20-58-10)33(26-31(29)62-42)61-23-21-59-11)41-40(47(50,51)49(54,55)48(41,52)53)30-25-36(34-16-18-37(63-34)45(4,5)6)65(56,57)43(30)35-17-19-38(64-35)46(7,8)9/h12-19,24-26H,20-23H2,1-11H3. The quantitative estimate of drug-likeness (QED) is 0.0858. The molecule has 0 saturated carbocycles. The van der Waals surface area contributed by atoms with E-state index in [4.69, 9.17) is 23.4 Å². The molecule has 0 spiro atoms. The minimum atomic E-state index is -6.06. The van der Waals surface area contributed by atoms with E-state index >= 15 is 34.8 Å². The number of alkyl halides is 6. The molecule has 0 atom stereocenters. The van der Waals surface area contributed by atoms with Crippen LogP contribution < -0.4 is 9.47 Å². The zero-order chi connectivity index (χ0) is 47.9. The molecule has 3 aromatic heterocycles. The maximum absolute atomic E-state index is 17.3. The summed E-state index contributed by atoms with van der Waals surface area (Å²) in [7, 11) is -1.95. The Kier molecular flexibility index (Phi) is 12.5. The van der Waals surface area contributed by atoms with E-state index in [9.17, 15) is 0 Å². The van der Waals surface area contributed by atoms with E-state index in [2.05, 4.69) is 0 Å². The normalized spacial score (nSPS) is 18.3. The highest BCUT2D eigenvalue weighted by atomic mass is 32.2. The van der Waals surface area contributed by atoms with Gasteiger partial charge in [0.25, 0.3) is 0 Å². The van der Waals surface area contributed by atoms with E-state index in [0.717, 1.165) is 39.2 Å². The van der Waals surface area contributed by atoms with Gasteiger partial charge in [0.15, 0.2) is 11.5 Å². The van der Waals surface area contributed by atoms with Gasteiger partial charge in [0, 0.05) is 73.0 Å². The van der Waals surface area contributed by atoms with Crippen molar-refractivity contribution in [1.82, 2.24) is 0 Å². The molecule has 2 aliphatic rings. The SMILES string of the molecule is COCCOc1cc2oc(-c3ccc(C(C)(C)C)cc3)c(C3=C(C4=C(c5ccc(C(C)(C)C)s5)S(=O)(=O)C(c5ccc(C(C)(C)C)s5)=C4)C(F)(F)C(F)(F)C3(F)F)c2cc1OCCOC. The Morgan fingerprint density at radius 3 is 1.65 bits per heavy atom. The van der Waals surface area contributed by atoms with Gasteiger partial charge in [-0.05, 0) is 58.2 Å². The van der Waals surface area contributed by atoms with Crippen molar-refractivity contribution in [1.29, 1.82) is 0 Å². The zero-order valence-electron chi connectivity index (χ0n) is 38.0. The zero-order valence-corrected chi connectivity index (χ0v) is 40.5. The lowest BCUT2D eigenvalue weighted by molar-refractivity contribution is -0.259. The van der Waals surface area contributed by atoms with E-state index < -0.39 is 76.3 Å². The smallest absolute Gasteiger partial charge is 0.380 e. The topological polar surface area (TPSA) is 84.2 Å². The van der Waals surface area contributed by atoms with Crippen LogP contribution in [0.5, 0.6) is 11.5 Å². The molecule has 0 N–H and O–H groups in total. The predicted molar refractivity (Wildman–Crippen MR) is 247 cm³/mol. The number of sulfone groups is 1. The average Bonchev–Trinajstić information content (AvgIpc) is 4.02. The summed E-state index contributed by atoms with van der Waals surface area (Å²) < 4.78 is 160. The first kappa shape index (κ1) is 48.6. The van der Waals surface area contributed by atoms with Gasteiger partial charge in [-0.3, -0.25) is 0 Å². The third kappa shape index (κ3) is 8.40. The fraction of sp³-hybridized carbons (Fsp3) is 0.429. The third-order valence-electron chi connectivity index (χ3n) is 11.3. The van der Waals surface area contributed by atoms with Gasteiger partial charge in [-0.1, -0.05) is 86.6 Å². The molecule has 4 heterocycles. The number of hydrogen-bond donors (Lipinski definition) is 0. The number of fused-ring (bicyclic) bond motifs is 1. The van der Waals surface area contributed by atoms with Crippen LogP contribution >= 0.6 is 22.7 Å². The Morgan fingerprint density at radius 1 is 0.631 bits per heavy atom. The minimum Gasteiger partial charge on any atom is -0.487 e. The summed E-state index contributed by atoms with van der Waals surface area (Å²) in [6.45, 7) is 17.3. The summed E-state index contributed by atoms with van der Waals surface area (Å²) in [5, 5.41) is -0.293. The van der Waals surface area contributed by atoms with Gasteiger partial charge in [0.2, 0.25) is 9.84 Å². The molecular weight excluding hydrogens is 911 g/mol. The van der Waals surface area contributed by atoms with Gasteiger partial charge in [-0.15, -0.1) is 22.7 Å². The molecular formula is C49H52F6O7S3. The Bertz CT molecular complexity index is 2840. The summed E-state index contributed by atoms with van der Waals surface area (Å²) >= 11 is 2.04. The molecule has 0 fully saturated rings. The third-order valence-corrected chi connectivity index (χ3v) is 16.5. The van der Waals surface area contributed by atoms with Crippen LogP contribution in [-0.4, -0.2) is 66.8 Å². The van der Waals surface area contributed by atoms with Crippen molar-refractivity contribution in [2.75, 3.05) is 40.6 Å². The maximum Gasteiger partial charge on any atom is 0.380 e. The lowest BCUT2D eigenvalue weighted by Gasteiger charge is -2.26. The second-order valence-corrected chi connectivity index (χ2v) is 23.2. The monoisotopic (exact) mass is 962 g/mol. The van der Waals surface area contributed by atoms with Gasteiger partial charge in [0.1, 0.15) is 24.6 Å². The molecule has 5 aromatic rings. The molecule has 0 radical (unpaired) electrons. The van der Waals surface area contributed by atoms with Crippen LogP contribution in [0.3, 0.4) is 0 Å². The van der Waals surface area contributed by atoms with Crippen LogP contribution in [0.4, 0.5) is 26.3 Å². The first-order valence-electron chi connectivity index (χ1n) is 20.9. The molecule has 16 heteroatoms. The summed E-state index contributed by atoms with van der Waals surface area (Å²) in [6.07, 6.45) is 0.848. The van der Waals surface area contributed by atoms with Crippen molar-refractivity contribution in [3.05, 3.63) is 109 Å². The molecule has 1 aliphatic carbocycles. The fourth-order valence-corrected chi connectivity index (χ4v) is 12.2. The highest BCUT2D eigenvalue weighted by molar-refractivity contribution is 8.09. The first-order valence-corrected chi connectivity index (χ1v) is 24.0. The van der Waals surface area contributed by atoms with Crippen LogP contribution in [-0.2, 0) is 35.6 Å². The minimum absolute atomic E-state index is 0.00432. The largest absolute Gasteiger partial charge is 0.487 e. The number of hydrogen-bond acceptors (Lipinski definition) is 9. The molecule has 0 unspecified atom stereocenters. The van der Waals surface area contributed by atoms with Crippen molar-refractivity contribution in [2.45, 2.75) is 96.3 Å². The first-order chi connectivity index (χ1) is 30.1. The predicted octanol–water partition coefficient (Wildman–Crippen LogP) is 13.7. The number of allylic oxidation sites excluding steroid dienone is 4. The van der Waals surface area contributed by atoms with E-state index in [-0.39, 0.29) is 69.6 Å². The van der Waals surface area contributed by atoms with Gasteiger partial charge >= 0.3 is 17.8 Å². The Labute approximate surface area is 383 Å². The maximum atomic E-state index is 17.3. The summed E-state index contributed by atoms with van der Waals surface area (Å²) in [4.78, 5) is 0.187. The number of halogens is 6. The van der Waals surface area contributed by atoms with Crippen molar-refractivity contribution in [3.63, 3.8) is 0 Å². The van der Waals surface area contributed by atoms with Crippen molar-refractivity contribution < 1.29 is 58.1 Å². The van der Waals surface area contributed by atoms with Crippen LogP contribution in [0.15, 0.2) is 82.3 Å². The highest BCUT2D eigenvalue weighted by Crippen LogP contribution is 2.67. The van der Waals surface area contributed by atoms with Gasteiger partial charge < -0.3 is 23.4 Å². The number of furan rings is 1. The van der Waals surface area contributed by atoms with Crippen LogP contribution in [0.2, 0.25) is 0 Å². The number of methoxy groups -OCH3 is 2. The second kappa shape index (κ2) is 16.8. The second-order valence-electron chi connectivity index (χ2n) is 19.2. The molecule has 1 aliphatic heterocycles. The molecule has 7 rings (SSSR count). The summed E-state index contributed by atoms with van der Waals surface area (Å²) in [6, 6.07) is 15.2. The lowest BCUT2D eigenvalue weighted by atomic mass is 9.86. The molecule has 65 heavy (non-hydrogen) atoms.